The second kappa shape index (κ2) is 15.2. The number of carbonyl (C=O) groups is 2. The zero-order valence-electron chi connectivity index (χ0n) is 25.5. The second-order valence-electron chi connectivity index (χ2n) is 10.8. The predicted molar refractivity (Wildman–Crippen MR) is 176 cm³/mol. The fraction of sp³-hybridized carbons (Fsp3) is 0.353. The van der Waals surface area contributed by atoms with Gasteiger partial charge in [-0.15, -0.1) is 0 Å². The van der Waals surface area contributed by atoms with E-state index >= 15 is 0 Å². The van der Waals surface area contributed by atoms with Gasteiger partial charge < -0.3 is 23.7 Å². The third-order valence-corrected chi connectivity index (χ3v) is 9.91. The Morgan fingerprint density at radius 2 is 1.53 bits per heavy atom. The van der Waals surface area contributed by atoms with Crippen LogP contribution >= 0.6 is 22.6 Å². The van der Waals surface area contributed by atoms with Crippen LogP contribution in [0.1, 0.15) is 63.2 Å². The quantitative estimate of drug-likeness (QED) is 0.0418. The fourth-order valence-corrected chi connectivity index (χ4v) is 6.64. The number of sulfone groups is 1. The SMILES string of the molecule is C=C(C)C(=O)Oc1ccc(S(=O)(=O)c2ccc(OC(C)OCCOc3ccc(I)cc3C(=O)OC3(CC)CCCC3)cc2)cc1. The van der Waals surface area contributed by atoms with Crippen molar-refractivity contribution >= 4 is 44.4 Å². The number of ether oxygens (including phenoxy) is 5. The van der Waals surface area contributed by atoms with Crippen LogP contribution in [0.15, 0.2) is 88.7 Å². The first-order chi connectivity index (χ1) is 21.4. The Kier molecular flexibility index (Phi) is 11.7. The molecule has 240 valence electrons. The standard InChI is InChI=1S/C34H37IO9S/c1-5-34(18-6-7-19-34)44-33(37)30-22-25(35)8-17-31(30)41-21-20-40-24(4)42-26-9-13-28(14-10-26)45(38,39)29-15-11-27(12-16-29)43-32(36)23(2)3/h8-17,22,24H,2,5-7,18-21H2,1,3-4H3. The van der Waals surface area contributed by atoms with Crippen LogP contribution in [0.3, 0.4) is 0 Å². The number of halogens is 1. The van der Waals surface area contributed by atoms with Crippen LogP contribution in [0.5, 0.6) is 17.2 Å². The van der Waals surface area contributed by atoms with Gasteiger partial charge >= 0.3 is 11.9 Å². The third kappa shape index (κ3) is 9.08. The fourth-order valence-electron chi connectivity index (χ4n) is 4.89. The maximum Gasteiger partial charge on any atom is 0.342 e. The highest BCUT2D eigenvalue weighted by molar-refractivity contribution is 14.1. The molecule has 0 bridgehead atoms. The molecule has 0 aliphatic heterocycles. The van der Waals surface area contributed by atoms with Gasteiger partial charge in [-0.2, -0.15) is 0 Å². The monoisotopic (exact) mass is 748 g/mol. The summed E-state index contributed by atoms with van der Waals surface area (Å²) < 4.78 is 55.6. The molecule has 45 heavy (non-hydrogen) atoms. The third-order valence-electron chi connectivity index (χ3n) is 7.45. The molecule has 3 aromatic carbocycles. The molecule has 1 aliphatic rings. The first kappa shape index (κ1) is 34.5. The first-order valence-corrected chi connectivity index (χ1v) is 17.3. The van der Waals surface area contributed by atoms with Crippen LogP contribution < -0.4 is 14.2 Å². The molecule has 0 aromatic heterocycles. The average Bonchev–Trinajstić information content (AvgIpc) is 3.49. The highest BCUT2D eigenvalue weighted by Crippen LogP contribution is 2.37. The zero-order valence-corrected chi connectivity index (χ0v) is 28.5. The van der Waals surface area contributed by atoms with Gasteiger partial charge in [-0.05, 0) is 135 Å². The van der Waals surface area contributed by atoms with Crippen molar-refractivity contribution in [3.8, 4) is 17.2 Å². The van der Waals surface area contributed by atoms with Gasteiger partial charge in [-0.3, -0.25) is 0 Å². The topological polar surface area (TPSA) is 114 Å². The summed E-state index contributed by atoms with van der Waals surface area (Å²) in [5.74, 6) is 0.102. The van der Waals surface area contributed by atoms with Crippen LogP contribution in [-0.2, 0) is 24.1 Å². The summed E-state index contributed by atoms with van der Waals surface area (Å²) in [6.45, 7) is 9.17. The second-order valence-corrected chi connectivity index (χ2v) is 14.0. The molecule has 9 nitrogen and oxygen atoms in total. The smallest absolute Gasteiger partial charge is 0.342 e. The summed E-state index contributed by atoms with van der Waals surface area (Å²) in [5.41, 5.74) is 0.228. The molecule has 0 spiro atoms. The lowest BCUT2D eigenvalue weighted by molar-refractivity contribution is -0.130. The van der Waals surface area contributed by atoms with E-state index in [0.717, 1.165) is 35.7 Å². The summed E-state index contributed by atoms with van der Waals surface area (Å²) in [4.78, 5) is 24.9. The van der Waals surface area contributed by atoms with E-state index in [2.05, 4.69) is 36.1 Å². The summed E-state index contributed by atoms with van der Waals surface area (Å²) in [5, 5.41) is 0. The van der Waals surface area contributed by atoms with Crippen molar-refractivity contribution in [3.63, 3.8) is 0 Å². The van der Waals surface area contributed by atoms with Crippen LogP contribution in [0.25, 0.3) is 0 Å². The van der Waals surface area contributed by atoms with Crippen LogP contribution in [-0.4, -0.2) is 45.5 Å². The molecule has 1 aliphatic carbocycles. The van der Waals surface area contributed by atoms with Crippen molar-refractivity contribution < 1.29 is 41.7 Å². The van der Waals surface area contributed by atoms with Gasteiger partial charge in [0.1, 0.15) is 35.0 Å². The molecular formula is C34H37IO9S. The van der Waals surface area contributed by atoms with Crippen molar-refractivity contribution in [1.29, 1.82) is 0 Å². The molecule has 0 radical (unpaired) electrons. The van der Waals surface area contributed by atoms with Gasteiger partial charge in [0.15, 0.2) is 6.29 Å². The van der Waals surface area contributed by atoms with E-state index in [0.29, 0.717) is 17.1 Å². The minimum Gasteiger partial charge on any atom is -0.490 e. The van der Waals surface area contributed by atoms with Crippen LogP contribution in [0, 0.1) is 3.57 Å². The Balaban J connectivity index is 1.28. The highest BCUT2D eigenvalue weighted by Gasteiger charge is 2.36. The largest absolute Gasteiger partial charge is 0.490 e. The Bertz CT molecular complexity index is 1610. The number of carbonyl (C=O) groups excluding carboxylic acids is 2. The molecule has 1 saturated carbocycles. The van der Waals surface area contributed by atoms with E-state index in [1.54, 1.807) is 31.2 Å². The molecular weight excluding hydrogens is 711 g/mol. The van der Waals surface area contributed by atoms with Crippen molar-refractivity contribution in [2.24, 2.45) is 0 Å². The van der Waals surface area contributed by atoms with Crippen molar-refractivity contribution in [3.05, 3.63) is 88.0 Å². The van der Waals surface area contributed by atoms with Crippen molar-refractivity contribution in [1.82, 2.24) is 0 Å². The Labute approximate surface area is 277 Å². The normalized spacial score (nSPS) is 14.8. The maximum atomic E-state index is 13.1. The molecule has 0 amide bonds. The Morgan fingerprint density at radius 3 is 2.11 bits per heavy atom. The predicted octanol–water partition coefficient (Wildman–Crippen LogP) is 7.31. The van der Waals surface area contributed by atoms with E-state index in [-0.39, 0.29) is 40.3 Å². The summed E-state index contributed by atoms with van der Waals surface area (Å²) in [6.07, 6.45) is 4.01. The minimum absolute atomic E-state index is 0.0518. The Morgan fingerprint density at radius 1 is 0.933 bits per heavy atom. The number of benzene rings is 3. The molecule has 1 fully saturated rings. The van der Waals surface area contributed by atoms with Crippen LogP contribution in [0.4, 0.5) is 0 Å². The number of esters is 2. The van der Waals surface area contributed by atoms with Gasteiger partial charge in [0, 0.05) is 9.14 Å². The lowest BCUT2D eigenvalue weighted by Gasteiger charge is -2.28. The molecule has 0 saturated heterocycles. The summed E-state index contributed by atoms with van der Waals surface area (Å²) >= 11 is 2.16. The van der Waals surface area contributed by atoms with E-state index in [1.807, 2.05) is 6.07 Å². The molecule has 11 heteroatoms. The molecule has 4 rings (SSSR count). The lowest BCUT2D eigenvalue weighted by Crippen LogP contribution is -2.31. The van der Waals surface area contributed by atoms with Crippen LogP contribution in [0.2, 0.25) is 0 Å². The lowest BCUT2D eigenvalue weighted by atomic mass is 9.98. The molecule has 1 unspecified atom stereocenters. The molecule has 0 N–H and O–H groups in total. The van der Waals surface area contributed by atoms with Gasteiger partial charge in [-0.1, -0.05) is 13.5 Å². The van der Waals surface area contributed by atoms with E-state index < -0.39 is 27.7 Å². The van der Waals surface area contributed by atoms with Gasteiger partial charge in [0.05, 0.1) is 16.4 Å². The molecule has 1 atom stereocenters. The summed E-state index contributed by atoms with van der Waals surface area (Å²) in [6, 6.07) is 16.9. The number of hydrogen-bond acceptors (Lipinski definition) is 9. The average molecular weight is 749 g/mol. The first-order valence-electron chi connectivity index (χ1n) is 14.7. The van der Waals surface area contributed by atoms with Crippen molar-refractivity contribution in [2.75, 3.05) is 13.2 Å². The van der Waals surface area contributed by atoms with Crippen molar-refractivity contribution in [2.45, 2.75) is 74.6 Å². The van der Waals surface area contributed by atoms with Gasteiger partial charge in [-0.25, -0.2) is 18.0 Å². The van der Waals surface area contributed by atoms with E-state index in [4.69, 9.17) is 23.7 Å². The zero-order chi connectivity index (χ0) is 32.6. The van der Waals surface area contributed by atoms with E-state index in [9.17, 15) is 18.0 Å². The minimum atomic E-state index is -3.81. The number of hydrogen-bond donors (Lipinski definition) is 0. The molecule has 0 heterocycles. The maximum absolute atomic E-state index is 13.1. The van der Waals surface area contributed by atoms with Gasteiger partial charge in [0.25, 0.3) is 0 Å². The summed E-state index contributed by atoms with van der Waals surface area (Å²) in [7, 11) is -3.81. The van der Waals surface area contributed by atoms with Gasteiger partial charge in [0.2, 0.25) is 9.84 Å². The highest BCUT2D eigenvalue weighted by atomic mass is 127. The number of rotatable bonds is 14. The van der Waals surface area contributed by atoms with E-state index in [1.165, 1.54) is 43.3 Å². The Hall–Kier alpha value is -3.42. The molecule has 3 aromatic rings.